The number of nitrogens with one attached hydrogen (secondary N) is 1. The van der Waals surface area contributed by atoms with Crippen LogP contribution in [0.5, 0.6) is 0 Å². The molecule has 0 fully saturated rings. The molecule has 2 heterocycles. The number of hydrogen-bond donors (Lipinski definition) is 1. The van der Waals surface area contributed by atoms with Crippen molar-refractivity contribution in [3.05, 3.63) is 90.3 Å². The first kappa shape index (κ1) is 18.1. The van der Waals surface area contributed by atoms with Crippen LogP contribution in [0, 0.1) is 0 Å². The van der Waals surface area contributed by atoms with Crippen LogP contribution in [0.4, 0.5) is 0 Å². The minimum absolute atomic E-state index is 0.0107. The van der Waals surface area contributed by atoms with Crippen molar-refractivity contribution in [2.45, 2.75) is 22.6 Å². The molecule has 0 saturated carbocycles. The number of H-pyrrole nitrogens is 1. The Morgan fingerprint density at radius 3 is 2.39 bits per heavy atom. The lowest BCUT2D eigenvalue weighted by molar-refractivity contribution is 0.0982. The van der Waals surface area contributed by atoms with Crippen LogP contribution >= 0.6 is 0 Å². The first-order chi connectivity index (χ1) is 13.5. The first-order valence-corrected chi connectivity index (χ1v) is 10.4. The van der Waals surface area contributed by atoms with Crippen molar-refractivity contribution in [3.8, 4) is 0 Å². The fourth-order valence-electron chi connectivity index (χ4n) is 3.07. The van der Waals surface area contributed by atoms with E-state index in [0.29, 0.717) is 18.4 Å². The SMILES string of the molecule is O=C(CCc1ccc(S(=O)(=O)c2ccccc2)cc1)c1cnc2[nH]ccc2c1. The molecule has 28 heavy (non-hydrogen) atoms. The molecular formula is C22H18N2O3S. The second-order valence-electron chi connectivity index (χ2n) is 6.52. The van der Waals surface area contributed by atoms with Gasteiger partial charge in [0.1, 0.15) is 5.65 Å². The second kappa shape index (κ2) is 7.40. The first-order valence-electron chi connectivity index (χ1n) is 8.89. The average Bonchev–Trinajstić information content (AvgIpc) is 3.21. The van der Waals surface area contributed by atoms with Crippen LogP contribution in [0.15, 0.2) is 88.9 Å². The number of nitrogens with zero attached hydrogens (tertiary/aromatic N) is 1. The Morgan fingerprint density at radius 2 is 1.64 bits per heavy atom. The lowest BCUT2D eigenvalue weighted by atomic mass is 10.0. The lowest BCUT2D eigenvalue weighted by Crippen LogP contribution is -2.03. The van der Waals surface area contributed by atoms with Crippen molar-refractivity contribution in [3.63, 3.8) is 0 Å². The highest BCUT2D eigenvalue weighted by Gasteiger charge is 2.17. The van der Waals surface area contributed by atoms with Gasteiger partial charge in [0.25, 0.3) is 0 Å². The molecule has 5 nitrogen and oxygen atoms in total. The molecule has 6 heteroatoms. The van der Waals surface area contributed by atoms with Gasteiger partial charge in [0.2, 0.25) is 9.84 Å². The number of fused-ring (bicyclic) bond motifs is 1. The highest BCUT2D eigenvalue weighted by Crippen LogP contribution is 2.21. The highest BCUT2D eigenvalue weighted by molar-refractivity contribution is 7.91. The van der Waals surface area contributed by atoms with Crippen LogP contribution in [0.25, 0.3) is 11.0 Å². The van der Waals surface area contributed by atoms with E-state index in [2.05, 4.69) is 9.97 Å². The molecule has 0 bridgehead atoms. The molecule has 0 amide bonds. The van der Waals surface area contributed by atoms with Crippen LogP contribution in [0.1, 0.15) is 22.3 Å². The zero-order valence-electron chi connectivity index (χ0n) is 15.0. The molecule has 0 atom stereocenters. The molecule has 0 radical (unpaired) electrons. The third-order valence-corrected chi connectivity index (χ3v) is 6.44. The number of ketones is 1. The van der Waals surface area contributed by atoms with Crippen LogP contribution in [-0.2, 0) is 16.3 Å². The Hall–Kier alpha value is -3.25. The molecule has 2 aromatic carbocycles. The Kier molecular flexibility index (Phi) is 4.79. The maximum absolute atomic E-state index is 12.6. The van der Waals surface area contributed by atoms with Gasteiger partial charge >= 0.3 is 0 Å². The Morgan fingerprint density at radius 1 is 0.929 bits per heavy atom. The summed E-state index contributed by atoms with van der Waals surface area (Å²) < 4.78 is 25.2. The molecular weight excluding hydrogens is 372 g/mol. The topological polar surface area (TPSA) is 79.9 Å². The number of sulfone groups is 1. The normalized spacial score (nSPS) is 11.6. The molecule has 4 aromatic rings. The van der Waals surface area contributed by atoms with Crippen molar-refractivity contribution >= 4 is 26.7 Å². The van der Waals surface area contributed by atoms with Crippen LogP contribution in [-0.4, -0.2) is 24.2 Å². The van der Waals surface area contributed by atoms with Crippen LogP contribution in [0.3, 0.4) is 0 Å². The Bertz CT molecular complexity index is 1230. The summed E-state index contributed by atoms with van der Waals surface area (Å²) >= 11 is 0. The minimum atomic E-state index is -3.52. The molecule has 0 aliphatic rings. The number of carbonyl (C=O) groups excluding carboxylic acids is 1. The fraction of sp³-hybridized carbons (Fsp3) is 0.0909. The summed E-state index contributed by atoms with van der Waals surface area (Å²) in [7, 11) is -3.52. The van der Waals surface area contributed by atoms with Gasteiger partial charge in [-0.15, -0.1) is 0 Å². The van der Waals surface area contributed by atoms with E-state index >= 15 is 0 Å². The summed E-state index contributed by atoms with van der Waals surface area (Å²) in [5, 5.41) is 0.904. The summed E-state index contributed by atoms with van der Waals surface area (Å²) in [6.07, 6.45) is 4.24. The molecule has 1 N–H and O–H groups in total. The van der Waals surface area contributed by atoms with E-state index in [9.17, 15) is 13.2 Å². The molecule has 0 aliphatic carbocycles. The third-order valence-electron chi connectivity index (χ3n) is 4.65. The summed E-state index contributed by atoms with van der Waals surface area (Å²) in [6.45, 7) is 0. The van der Waals surface area contributed by atoms with Gasteiger partial charge in [-0.05, 0) is 48.4 Å². The lowest BCUT2D eigenvalue weighted by Gasteiger charge is -2.06. The summed E-state index contributed by atoms with van der Waals surface area (Å²) in [6, 6.07) is 18.8. The van der Waals surface area contributed by atoms with Gasteiger partial charge < -0.3 is 4.98 Å². The van der Waals surface area contributed by atoms with E-state index in [4.69, 9.17) is 0 Å². The smallest absolute Gasteiger partial charge is 0.206 e. The van der Waals surface area contributed by atoms with E-state index in [1.54, 1.807) is 67.0 Å². The molecule has 4 rings (SSSR count). The molecule has 140 valence electrons. The maximum atomic E-state index is 12.6. The van der Waals surface area contributed by atoms with Crippen molar-refractivity contribution in [1.29, 1.82) is 0 Å². The molecule has 0 saturated heterocycles. The Labute approximate surface area is 163 Å². The van der Waals surface area contributed by atoms with Gasteiger partial charge in [0.05, 0.1) is 9.79 Å². The minimum Gasteiger partial charge on any atom is -0.346 e. The fourth-order valence-corrected chi connectivity index (χ4v) is 4.35. The van der Waals surface area contributed by atoms with Gasteiger partial charge in [-0.1, -0.05) is 30.3 Å². The summed E-state index contributed by atoms with van der Waals surface area (Å²) in [4.78, 5) is 20.2. The number of Topliss-reactive ketones (excluding diaryl/α,β-unsaturated/α-hetero) is 1. The monoisotopic (exact) mass is 390 g/mol. The predicted octanol–water partition coefficient (Wildman–Crippen LogP) is 4.21. The standard InChI is InChI=1S/C22H18N2O3S/c25-21(18-14-17-12-13-23-22(17)24-15-18)11-8-16-6-9-20(10-7-16)28(26,27)19-4-2-1-3-5-19/h1-7,9-10,12-15H,8,11H2,(H,23,24). The maximum Gasteiger partial charge on any atom is 0.206 e. The van der Waals surface area contributed by atoms with Crippen molar-refractivity contribution in [2.75, 3.05) is 0 Å². The summed E-state index contributed by atoms with van der Waals surface area (Å²) in [5.41, 5.74) is 2.25. The number of carbonyl (C=O) groups is 1. The second-order valence-corrected chi connectivity index (χ2v) is 8.47. The predicted molar refractivity (Wildman–Crippen MR) is 107 cm³/mol. The number of benzene rings is 2. The van der Waals surface area contributed by atoms with E-state index in [0.717, 1.165) is 16.6 Å². The van der Waals surface area contributed by atoms with Gasteiger partial charge in [-0.2, -0.15) is 0 Å². The number of hydrogen-bond acceptors (Lipinski definition) is 4. The number of aromatic nitrogens is 2. The molecule has 0 aliphatic heterocycles. The number of aromatic amines is 1. The zero-order chi connectivity index (χ0) is 19.6. The summed E-state index contributed by atoms with van der Waals surface area (Å²) in [5.74, 6) is 0.0107. The zero-order valence-corrected chi connectivity index (χ0v) is 15.8. The van der Waals surface area contributed by atoms with Gasteiger partial charge in [0, 0.05) is 29.8 Å². The van der Waals surface area contributed by atoms with Gasteiger partial charge in [0.15, 0.2) is 5.78 Å². The van der Waals surface area contributed by atoms with Gasteiger partial charge in [-0.3, -0.25) is 4.79 Å². The van der Waals surface area contributed by atoms with Gasteiger partial charge in [-0.25, -0.2) is 13.4 Å². The van der Waals surface area contributed by atoms with Crippen molar-refractivity contribution in [2.24, 2.45) is 0 Å². The van der Waals surface area contributed by atoms with E-state index in [1.807, 2.05) is 12.1 Å². The quantitative estimate of drug-likeness (QED) is 0.500. The number of rotatable bonds is 6. The van der Waals surface area contributed by atoms with Crippen molar-refractivity contribution < 1.29 is 13.2 Å². The van der Waals surface area contributed by atoms with E-state index in [-0.39, 0.29) is 15.6 Å². The number of pyridine rings is 1. The average molecular weight is 390 g/mol. The van der Waals surface area contributed by atoms with Crippen molar-refractivity contribution in [1.82, 2.24) is 9.97 Å². The molecule has 0 unspecified atom stereocenters. The third kappa shape index (κ3) is 3.59. The van der Waals surface area contributed by atoms with E-state index in [1.165, 1.54) is 0 Å². The molecule has 0 spiro atoms. The highest BCUT2D eigenvalue weighted by atomic mass is 32.2. The number of aryl methyl sites for hydroxylation is 1. The Balaban J connectivity index is 1.45. The molecule has 2 aromatic heterocycles. The largest absolute Gasteiger partial charge is 0.346 e. The van der Waals surface area contributed by atoms with E-state index < -0.39 is 9.84 Å². The van der Waals surface area contributed by atoms with Crippen LogP contribution in [0.2, 0.25) is 0 Å². The van der Waals surface area contributed by atoms with Crippen LogP contribution < -0.4 is 0 Å².